The van der Waals surface area contributed by atoms with Gasteiger partial charge in [-0.15, -0.1) is 0 Å². The lowest BCUT2D eigenvalue weighted by Gasteiger charge is -2.25. The van der Waals surface area contributed by atoms with E-state index in [0.717, 1.165) is 0 Å². The van der Waals surface area contributed by atoms with Crippen LogP contribution in [-0.4, -0.2) is 28.9 Å². The number of hydrogen-bond acceptors (Lipinski definition) is 4. The molecule has 1 unspecified atom stereocenters. The Labute approximate surface area is 93.6 Å². The van der Waals surface area contributed by atoms with E-state index >= 15 is 0 Å². The highest BCUT2D eigenvalue weighted by Gasteiger charge is 2.27. The Morgan fingerprint density at radius 2 is 2.25 bits per heavy atom. The van der Waals surface area contributed by atoms with Crippen molar-refractivity contribution in [2.75, 3.05) is 7.11 Å². The maximum absolute atomic E-state index is 10.8. The molecule has 0 saturated heterocycles. The van der Waals surface area contributed by atoms with Crippen LogP contribution in [0.25, 0.3) is 0 Å². The molecule has 1 rings (SSSR count). The van der Waals surface area contributed by atoms with Crippen molar-refractivity contribution in [3.8, 4) is 0 Å². The average Bonchev–Trinajstić information content (AvgIpc) is 2.65. The van der Waals surface area contributed by atoms with Gasteiger partial charge in [0.25, 0.3) is 0 Å². The maximum atomic E-state index is 10.8. The first kappa shape index (κ1) is 12.7. The SMILES string of the molecule is COC(C)(C)CC(O)c1occc1C(=O)O. The molecule has 0 bridgehead atoms. The summed E-state index contributed by atoms with van der Waals surface area (Å²) < 4.78 is 10.1. The highest BCUT2D eigenvalue weighted by atomic mass is 16.5. The smallest absolute Gasteiger partial charge is 0.339 e. The third-order valence-electron chi connectivity index (χ3n) is 2.47. The minimum Gasteiger partial charge on any atom is -0.478 e. The first-order valence-corrected chi connectivity index (χ1v) is 4.91. The summed E-state index contributed by atoms with van der Waals surface area (Å²) in [6.45, 7) is 3.61. The molecule has 0 aliphatic rings. The van der Waals surface area contributed by atoms with Gasteiger partial charge >= 0.3 is 5.97 Å². The van der Waals surface area contributed by atoms with E-state index < -0.39 is 17.7 Å². The number of aromatic carboxylic acids is 1. The molecule has 1 heterocycles. The number of rotatable bonds is 5. The first-order chi connectivity index (χ1) is 7.37. The fourth-order valence-corrected chi connectivity index (χ4v) is 1.40. The van der Waals surface area contributed by atoms with Crippen LogP contribution in [0.2, 0.25) is 0 Å². The summed E-state index contributed by atoms with van der Waals surface area (Å²) in [5, 5.41) is 18.7. The number of aliphatic hydroxyl groups is 1. The summed E-state index contributed by atoms with van der Waals surface area (Å²) in [4.78, 5) is 10.8. The Hall–Kier alpha value is -1.33. The van der Waals surface area contributed by atoms with Crippen molar-refractivity contribution in [1.82, 2.24) is 0 Å². The van der Waals surface area contributed by atoms with Gasteiger partial charge in [-0.25, -0.2) is 4.79 Å². The van der Waals surface area contributed by atoms with Crippen LogP contribution < -0.4 is 0 Å². The lowest BCUT2D eigenvalue weighted by Crippen LogP contribution is -2.25. The number of hydrogen-bond donors (Lipinski definition) is 2. The standard InChI is InChI=1S/C11H16O5/c1-11(2,15-3)6-8(12)9-7(10(13)14)4-5-16-9/h4-5,8,12H,6H2,1-3H3,(H,13,14). The Balaban J connectivity index is 2.84. The van der Waals surface area contributed by atoms with E-state index in [1.54, 1.807) is 13.8 Å². The monoisotopic (exact) mass is 228 g/mol. The van der Waals surface area contributed by atoms with Gasteiger partial charge in [0.1, 0.15) is 17.4 Å². The van der Waals surface area contributed by atoms with Crippen molar-refractivity contribution in [3.05, 3.63) is 23.7 Å². The van der Waals surface area contributed by atoms with Crippen LogP contribution in [0.1, 0.15) is 42.5 Å². The molecular weight excluding hydrogens is 212 g/mol. The van der Waals surface area contributed by atoms with Crippen LogP contribution in [0.4, 0.5) is 0 Å². The van der Waals surface area contributed by atoms with Crippen molar-refractivity contribution < 1.29 is 24.2 Å². The Kier molecular flexibility index (Phi) is 3.72. The van der Waals surface area contributed by atoms with Crippen LogP contribution in [0.15, 0.2) is 16.7 Å². The molecule has 0 spiro atoms. The summed E-state index contributed by atoms with van der Waals surface area (Å²) in [5.41, 5.74) is -0.554. The Morgan fingerprint density at radius 3 is 2.75 bits per heavy atom. The van der Waals surface area contributed by atoms with Crippen LogP contribution in [-0.2, 0) is 4.74 Å². The van der Waals surface area contributed by atoms with Gasteiger partial charge in [-0.05, 0) is 19.9 Å². The van der Waals surface area contributed by atoms with E-state index in [2.05, 4.69) is 0 Å². The molecule has 1 aromatic heterocycles. The van der Waals surface area contributed by atoms with E-state index in [1.165, 1.54) is 19.4 Å². The van der Waals surface area contributed by atoms with Gasteiger partial charge in [-0.1, -0.05) is 0 Å². The lowest BCUT2D eigenvalue weighted by molar-refractivity contribution is -0.0252. The summed E-state index contributed by atoms with van der Waals surface area (Å²) in [6.07, 6.45) is 0.523. The van der Waals surface area contributed by atoms with Crippen LogP contribution in [0.5, 0.6) is 0 Å². The number of methoxy groups -OCH3 is 1. The van der Waals surface area contributed by atoms with Crippen LogP contribution >= 0.6 is 0 Å². The predicted molar refractivity (Wildman–Crippen MR) is 56.3 cm³/mol. The molecule has 5 nitrogen and oxygen atoms in total. The number of ether oxygens (including phenoxy) is 1. The number of carboxylic acid groups (broad SMARTS) is 1. The Morgan fingerprint density at radius 1 is 1.62 bits per heavy atom. The van der Waals surface area contributed by atoms with Crippen LogP contribution in [0.3, 0.4) is 0 Å². The molecule has 0 saturated carbocycles. The zero-order valence-corrected chi connectivity index (χ0v) is 9.56. The van der Waals surface area contributed by atoms with Crippen LogP contribution in [0, 0.1) is 0 Å². The third-order valence-corrected chi connectivity index (χ3v) is 2.47. The van der Waals surface area contributed by atoms with Gasteiger partial charge in [-0.2, -0.15) is 0 Å². The highest BCUT2D eigenvalue weighted by molar-refractivity contribution is 5.88. The number of aliphatic hydroxyl groups excluding tert-OH is 1. The van der Waals surface area contributed by atoms with Gasteiger partial charge in [0, 0.05) is 13.5 Å². The van der Waals surface area contributed by atoms with Crippen molar-refractivity contribution in [2.24, 2.45) is 0 Å². The second kappa shape index (κ2) is 4.67. The van der Waals surface area contributed by atoms with E-state index in [0.29, 0.717) is 0 Å². The lowest BCUT2D eigenvalue weighted by atomic mass is 9.98. The van der Waals surface area contributed by atoms with Gasteiger partial charge in [-0.3, -0.25) is 0 Å². The molecule has 0 radical (unpaired) electrons. The molecule has 0 fully saturated rings. The number of furan rings is 1. The van der Waals surface area contributed by atoms with Gasteiger partial charge < -0.3 is 19.4 Å². The average molecular weight is 228 g/mol. The fraction of sp³-hybridized carbons (Fsp3) is 0.545. The molecule has 2 N–H and O–H groups in total. The number of carboxylic acids is 1. The van der Waals surface area contributed by atoms with Gasteiger partial charge in [0.2, 0.25) is 0 Å². The molecule has 1 atom stereocenters. The second-order valence-corrected chi connectivity index (χ2v) is 4.19. The second-order valence-electron chi connectivity index (χ2n) is 4.19. The summed E-state index contributed by atoms with van der Waals surface area (Å²) in [5.74, 6) is -1.05. The minimum absolute atomic E-state index is 0.0144. The van der Waals surface area contributed by atoms with Crippen molar-refractivity contribution in [3.63, 3.8) is 0 Å². The van der Waals surface area contributed by atoms with Gasteiger partial charge in [0.15, 0.2) is 0 Å². The molecule has 0 amide bonds. The van der Waals surface area contributed by atoms with E-state index in [4.69, 9.17) is 14.3 Å². The van der Waals surface area contributed by atoms with E-state index in [-0.39, 0.29) is 17.7 Å². The Bertz CT molecular complexity index is 366. The molecule has 16 heavy (non-hydrogen) atoms. The minimum atomic E-state index is -1.11. The van der Waals surface area contributed by atoms with E-state index in [1.807, 2.05) is 0 Å². The number of carbonyl (C=O) groups is 1. The largest absolute Gasteiger partial charge is 0.478 e. The highest BCUT2D eigenvalue weighted by Crippen LogP contribution is 2.28. The maximum Gasteiger partial charge on any atom is 0.339 e. The van der Waals surface area contributed by atoms with Crippen molar-refractivity contribution in [1.29, 1.82) is 0 Å². The molecule has 90 valence electrons. The first-order valence-electron chi connectivity index (χ1n) is 4.91. The molecular formula is C11H16O5. The zero-order chi connectivity index (χ0) is 12.3. The topological polar surface area (TPSA) is 79.9 Å². The summed E-state index contributed by atoms with van der Waals surface area (Å²) in [6, 6.07) is 1.32. The summed E-state index contributed by atoms with van der Waals surface area (Å²) in [7, 11) is 1.53. The molecule has 0 aromatic carbocycles. The van der Waals surface area contributed by atoms with Gasteiger partial charge in [0.05, 0.1) is 11.9 Å². The molecule has 1 aromatic rings. The molecule has 5 heteroatoms. The summed E-state index contributed by atoms with van der Waals surface area (Å²) >= 11 is 0. The predicted octanol–water partition coefficient (Wildman–Crippen LogP) is 1.83. The molecule has 0 aliphatic carbocycles. The van der Waals surface area contributed by atoms with E-state index in [9.17, 15) is 9.90 Å². The zero-order valence-electron chi connectivity index (χ0n) is 9.56. The quantitative estimate of drug-likeness (QED) is 0.803. The fourth-order valence-electron chi connectivity index (χ4n) is 1.40. The van der Waals surface area contributed by atoms with Crippen molar-refractivity contribution in [2.45, 2.75) is 32.0 Å². The normalized spacial score (nSPS) is 13.8. The third kappa shape index (κ3) is 2.84. The molecule has 0 aliphatic heterocycles. The van der Waals surface area contributed by atoms with Crippen molar-refractivity contribution >= 4 is 5.97 Å².